The first kappa shape index (κ1) is 53.5. The standard InChI is InChI=1S/C74H61N5O3.Pt/c1-42(2)54-34-50(47-21-12-10-13-22-47)35-55(43(3)4)70(54)78-64-29-18-16-27-62(64)76-73(78)49-25-20-26-52(33-49)80-53-38-59-58-40-68-60(69-66(81-68)32-31-46(9)75-69)41-67(58)82-72(59)61(39-53)74-77-63-28-17-19-30-65(63)79(74)71-56(44(5)6)36-51(37-57(71)45(7)8)48-23-14-11-15-24-48;/h10-32,34-38,40-45H,1-9H3;/q-2;+2. The summed E-state index contributed by atoms with van der Waals surface area (Å²) in [5.74, 6) is 3.19. The van der Waals surface area contributed by atoms with Gasteiger partial charge in [0, 0.05) is 34.0 Å². The fourth-order valence-corrected chi connectivity index (χ4v) is 12.1. The van der Waals surface area contributed by atoms with E-state index in [1.807, 2.05) is 43.3 Å². The van der Waals surface area contributed by atoms with E-state index in [4.69, 9.17) is 28.5 Å². The quantitative estimate of drug-likeness (QED) is 0.113. The first-order chi connectivity index (χ1) is 39.8. The van der Waals surface area contributed by atoms with Crippen LogP contribution in [0.4, 0.5) is 0 Å². The van der Waals surface area contributed by atoms with E-state index in [2.05, 4.69) is 222 Å². The van der Waals surface area contributed by atoms with E-state index in [9.17, 15) is 0 Å². The van der Waals surface area contributed by atoms with Crippen molar-refractivity contribution in [1.29, 1.82) is 0 Å². The van der Waals surface area contributed by atoms with E-state index >= 15 is 0 Å². The van der Waals surface area contributed by atoms with E-state index in [1.165, 1.54) is 44.5 Å². The summed E-state index contributed by atoms with van der Waals surface area (Å²) in [4.78, 5) is 15.9. The Labute approximate surface area is 497 Å². The molecule has 0 aliphatic heterocycles. The molecule has 14 aromatic rings. The molecule has 5 aromatic heterocycles. The number of pyridine rings is 1. The van der Waals surface area contributed by atoms with Gasteiger partial charge in [-0.05, 0) is 148 Å². The third-order valence-corrected chi connectivity index (χ3v) is 16.1. The van der Waals surface area contributed by atoms with Gasteiger partial charge in [0.1, 0.15) is 16.7 Å². The number of furan rings is 2. The number of hydrogen-bond donors (Lipinski definition) is 0. The van der Waals surface area contributed by atoms with Gasteiger partial charge in [0.15, 0.2) is 5.58 Å². The average Bonchev–Trinajstić information content (AvgIpc) is 2.50. The number of hydrogen-bond acceptors (Lipinski definition) is 6. The number of nitrogens with zero attached hydrogens (tertiary/aromatic N) is 5. The Morgan fingerprint density at radius 2 is 0.928 bits per heavy atom. The number of benzene rings is 9. The van der Waals surface area contributed by atoms with Gasteiger partial charge in [-0.3, -0.25) is 9.97 Å². The number of fused-ring (bicyclic) bond motifs is 8. The maximum Gasteiger partial charge on any atom is 2.00 e. The fourth-order valence-electron chi connectivity index (χ4n) is 12.1. The molecule has 9 heteroatoms. The monoisotopic (exact) mass is 1260 g/mol. The van der Waals surface area contributed by atoms with Crippen LogP contribution in [-0.4, -0.2) is 24.1 Å². The minimum Gasteiger partial charge on any atom is -0.501 e. The van der Waals surface area contributed by atoms with Crippen LogP contribution in [0.15, 0.2) is 191 Å². The molecule has 0 saturated heterocycles. The van der Waals surface area contributed by atoms with Gasteiger partial charge in [-0.15, -0.1) is 23.8 Å². The summed E-state index contributed by atoms with van der Waals surface area (Å²) in [6.07, 6.45) is 0. The molecule has 0 N–H and O–H groups in total. The number of ether oxygens (including phenoxy) is 1. The Kier molecular flexibility index (Phi) is 13.6. The van der Waals surface area contributed by atoms with Crippen LogP contribution in [0, 0.1) is 19.1 Å². The summed E-state index contributed by atoms with van der Waals surface area (Å²) in [7, 11) is 0. The van der Waals surface area contributed by atoms with Crippen LogP contribution in [0.25, 0.3) is 122 Å². The van der Waals surface area contributed by atoms with Crippen LogP contribution < -0.4 is 4.74 Å². The first-order valence-electron chi connectivity index (χ1n) is 28.6. The summed E-state index contributed by atoms with van der Waals surface area (Å²) in [6, 6.07) is 71.3. The largest absolute Gasteiger partial charge is 2.00 e. The normalized spacial score (nSPS) is 12.0. The van der Waals surface area contributed by atoms with Crippen LogP contribution in [0.1, 0.15) is 107 Å². The van der Waals surface area contributed by atoms with Crippen molar-refractivity contribution in [3.05, 3.63) is 222 Å². The van der Waals surface area contributed by atoms with Crippen molar-refractivity contribution in [2.75, 3.05) is 0 Å². The predicted molar refractivity (Wildman–Crippen MR) is 335 cm³/mol. The molecule has 0 bridgehead atoms. The molecule has 0 radical (unpaired) electrons. The van der Waals surface area contributed by atoms with Crippen molar-refractivity contribution < 1.29 is 34.6 Å². The maximum atomic E-state index is 7.14. The summed E-state index contributed by atoms with van der Waals surface area (Å²) in [6.45, 7) is 20.2. The van der Waals surface area contributed by atoms with Crippen LogP contribution in [0.5, 0.6) is 11.5 Å². The van der Waals surface area contributed by atoms with Gasteiger partial charge in [0.2, 0.25) is 0 Å². The topological polar surface area (TPSA) is 84.0 Å². The number of para-hydroxylation sites is 4. The van der Waals surface area contributed by atoms with Crippen molar-refractivity contribution in [2.24, 2.45) is 0 Å². The van der Waals surface area contributed by atoms with E-state index < -0.39 is 0 Å². The molecule has 0 spiro atoms. The van der Waals surface area contributed by atoms with Gasteiger partial charge in [0.25, 0.3) is 0 Å². The van der Waals surface area contributed by atoms with Gasteiger partial charge in [-0.1, -0.05) is 169 Å². The van der Waals surface area contributed by atoms with Gasteiger partial charge >= 0.3 is 21.1 Å². The SMILES string of the molecule is Cc1ccc2oc3cc4c(cc3c2n1)oc1c(-c2nc3ccccc3n2-c2c(C(C)C)cc(-c3ccccc3)cc2C(C)C)[c-]c(Oc2[c-]c(-c3nc5ccccc5n3-c3c(C(C)C)cc(-c5ccccc5)cc3C(C)C)ccc2)cc14.[Pt+2]. The molecule has 0 aliphatic carbocycles. The molecule has 410 valence electrons. The van der Waals surface area contributed by atoms with Crippen molar-refractivity contribution in [1.82, 2.24) is 24.1 Å². The smallest absolute Gasteiger partial charge is 0.501 e. The zero-order valence-corrected chi connectivity index (χ0v) is 50.2. The third-order valence-electron chi connectivity index (χ3n) is 16.1. The Hall–Kier alpha value is -8.84. The second kappa shape index (κ2) is 21.2. The molecule has 8 nitrogen and oxygen atoms in total. The summed E-state index contributed by atoms with van der Waals surface area (Å²) in [5.41, 5.74) is 21.6. The van der Waals surface area contributed by atoms with Crippen molar-refractivity contribution >= 4 is 66.1 Å². The van der Waals surface area contributed by atoms with E-state index in [1.54, 1.807) is 0 Å². The number of aryl methyl sites for hydroxylation is 1. The molecule has 14 rings (SSSR count). The van der Waals surface area contributed by atoms with Gasteiger partial charge < -0.3 is 22.7 Å². The number of rotatable bonds is 12. The van der Waals surface area contributed by atoms with Crippen molar-refractivity contribution in [3.63, 3.8) is 0 Å². The van der Waals surface area contributed by atoms with Crippen LogP contribution in [-0.2, 0) is 21.1 Å². The summed E-state index contributed by atoms with van der Waals surface area (Å²) < 4.78 is 25.5. The van der Waals surface area contributed by atoms with E-state index in [-0.39, 0.29) is 44.7 Å². The van der Waals surface area contributed by atoms with E-state index in [0.29, 0.717) is 39.6 Å². The molecule has 0 atom stereocenters. The molecule has 0 amide bonds. The second-order valence-electron chi connectivity index (χ2n) is 23.0. The Balaban J connectivity index is 0.00000645. The van der Waals surface area contributed by atoms with Gasteiger partial charge in [-0.25, -0.2) is 4.98 Å². The summed E-state index contributed by atoms with van der Waals surface area (Å²) in [5, 5.41) is 2.58. The van der Waals surface area contributed by atoms with Crippen molar-refractivity contribution in [2.45, 2.75) is 86.0 Å². The predicted octanol–water partition coefficient (Wildman–Crippen LogP) is 20.4. The molecule has 0 saturated carbocycles. The Bertz CT molecular complexity index is 4750. The summed E-state index contributed by atoms with van der Waals surface area (Å²) >= 11 is 0. The minimum absolute atomic E-state index is 0. The fraction of sp³-hybridized carbons (Fsp3) is 0.176. The molecule has 5 heterocycles. The molecule has 9 aromatic carbocycles. The van der Waals surface area contributed by atoms with Crippen molar-refractivity contribution in [3.8, 4) is 67.9 Å². The van der Waals surface area contributed by atoms with E-state index in [0.717, 1.165) is 77.8 Å². The Morgan fingerprint density at radius 3 is 1.49 bits per heavy atom. The van der Waals surface area contributed by atoms with Gasteiger partial charge in [0.05, 0.1) is 44.7 Å². The third kappa shape index (κ3) is 9.25. The molecule has 83 heavy (non-hydrogen) atoms. The molecule has 0 aliphatic rings. The number of aromatic nitrogens is 5. The van der Waals surface area contributed by atoms with Crippen LogP contribution in [0.2, 0.25) is 0 Å². The molecular weight excluding hydrogens is 1200 g/mol. The van der Waals surface area contributed by atoms with Gasteiger partial charge in [-0.2, -0.15) is 0 Å². The zero-order valence-electron chi connectivity index (χ0n) is 47.9. The second-order valence-corrected chi connectivity index (χ2v) is 23.0. The first-order valence-corrected chi connectivity index (χ1v) is 28.6. The van der Waals surface area contributed by atoms with Crippen LogP contribution >= 0.6 is 0 Å². The molecular formula is C74H61N5O3Pt. The number of imidazole rings is 2. The minimum atomic E-state index is 0. The van der Waals surface area contributed by atoms with Crippen LogP contribution in [0.3, 0.4) is 0 Å². The molecule has 0 unspecified atom stereocenters. The maximum absolute atomic E-state index is 7.14. The Morgan fingerprint density at radius 1 is 0.422 bits per heavy atom. The molecule has 0 fully saturated rings. The average molecular weight is 1260 g/mol. The zero-order chi connectivity index (χ0) is 56.1.